The summed E-state index contributed by atoms with van der Waals surface area (Å²) in [6.07, 6.45) is -0.704. The molecule has 0 fully saturated rings. The van der Waals surface area contributed by atoms with Crippen LogP contribution in [0.3, 0.4) is 0 Å². The van der Waals surface area contributed by atoms with Crippen LogP contribution in [-0.4, -0.2) is 39.2 Å². The molecule has 0 radical (unpaired) electrons. The van der Waals surface area contributed by atoms with Crippen molar-refractivity contribution < 1.29 is 15.3 Å². The molecule has 3 nitrogen and oxygen atoms in total. The summed E-state index contributed by atoms with van der Waals surface area (Å²) in [5.74, 6) is 0.383. The van der Waals surface area contributed by atoms with E-state index in [9.17, 15) is 0 Å². The minimum absolute atomic E-state index is 0.236. The lowest BCUT2D eigenvalue weighted by atomic mass is 10.4. The highest BCUT2D eigenvalue weighted by atomic mass is 32.2. The lowest BCUT2D eigenvalue weighted by molar-refractivity contribution is 0.113. The molecule has 0 amide bonds. The largest absolute Gasteiger partial charge is 0.394 e. The summed E-state index contributed by atoms with van der Waals surface area (Å²) < 4.78 is 0. The summed E-state index contributed by atoms with van der Waals surface area (Å²) in [4.78, 5) is 0. The molecule has 0 aliphatic rings. The van der Waals surface area contributed by atoms with Gasteiger partial charge in [-0.25, -0.2) is 0 Å². The van der Waals surface area contributed by atoms with Gasteiger partial charge in [0.25, 0.3) is 0 Å². The zero-order chi connectivity index (χ0) is 7.28. The van der Waals surface area contributed by atoms with Crippen molar-refractivity contribution in [3.63, 3.8) is 0 Å². The van der Waals surface area contributed by atoms with E-state index in [-0.39, 0.29) is 6.61 Å². The van der Waals surface area contributed by atoms with Crippen LogP contribution in [0.25, 0.3) is 0 Å². The second-order valence-corrected chi connectivity index (χ2v) is 3.12. The molecule has 0 spiro atoms. The second kappa shape index (κ2) is 5.05. The lowest BCUT2D eigenvalue weighted by Gasteiger charge is -2.07. The van der Waals surface area contributed by atoms with Crippen LogP contribution in [0.1, 0.15) is 6.92 Å². The van der Waals surface area contributed by atoms with E-state index in [1.165, 1.54) is 11.8 Å². The highest BCUT2D eigenvalue weighted by molar-refractivity contribution is 7.99. The lowest BCUT2D eigenvalue weighted by Crippen LogP contribution is -2.16. The molecule has 3 N–H and O–H groups in total. The molecular weight excluding hydrogens is 140 g/mol. The van der Waals surface area contributed by atoms with Gasteiger partial charge in [-0.3, -0.25) is 0 Å². The van der Waals surface area contributed by atoms with E-state index in [0.29, 0.717) is 5.75 Å². The molecule has 0 aromatic carbocycles. The van der Waals surface area contributed by atoms with Crippen LogP contribution in [0.4, 0.5) is 0 Å². The summed E-state index contributed by atoms with van der Waals surface area (Å²) in [5.41, 5.74) is -0.466. The third-order valence-corrected chi connectivity index (χ3v) is 1.80. The molecule has 0 rings (SSSR count). The maximum atomic E-state index is 8.72. The van der Waals surface area contributed by atoms with Gasteiger partial charge in [-0.1, -0.05) is 0 Å². The highest BCUT2D eigenvalue weighted by Gasteiger charge is 2.03. The van der Waals surface area contributed by atoms with Crippen molar-refractivity contribution in [2.45, 2.75) is 18.5 Å². The molecule has 0 aliphatic heterocycles. The van der Waals surface area contributed by atoms with Crippen LogP contribution >= 0.6 is 11.8 Å². The molecule has 56 valence electrons. The van der Waals surface area contributed by atoms with Crippen LogP contribution in [-0.2, 0) is 0 Å². The Kier molecular flexibility index (Phi) is 5.18. The molecule has 0 aromatic heterocycles. The molecule has 4 heteroatoms. The van der Waals surface area contributed by atoms with Crippen LogP contribution in [0.2, 0.25) is 0 Å². The first-order valence-corrected chi connectivity index (χ1v) is 3.80. The predicted molar refractivity (Wildman–Crippen MR) is 37.2 cm³/mol. The SMILES string of the molecule is CC(O)SCC(O)CO. The van der Waals surface area contributed by atoms with Gasteiger partial charge < -0.3 is 15.3 Å². The van der Waals surface area contributed by atoms with Gasteiger partial charge in [-0.15, -0.1) is 11.8 Å². The molecule has 0 bridgehead atoms. The molecule has 2 unspecified atom stereocenters. The topological polar surface area (TPSA) is 60.7 Å². The Morgan fingerprint density at radius 3 is 2.33 bits per heavy atom. The first kappa shape index (κ1) is 9.23. The van der Waals surface area contributed by atoms with Gasteiger partial charge in [-0.05, 0) is 6.92 Å². The van der Waals surface area contributed by atoms with Crippen molar-refractivity contribution >= 4 is 11.8 Å². The molecule has 0 heterocycles. The zero-order valence-corrected chi connectivity index (χ0v) is 6.14. The van der Waals surface area contributed by atoms with Gasteiger partial charge >= 0.3 is 0 Å². The van der Waals surface area contributed by atoms with Crippen molar-refractivity contribution in [1.29, 1.82) is 0 Å². The van der Waals surface area contributed by atoms with Gasteiger partial charge in [0.1, 0.15) is 0 Å². The maximum Gasteiger partial charge on any atom is 0.0965 e. The number of hydrogen-bond donors (Lipinski definition) is 3. The average Bonchev–Trinajstić information content (AvgIpc) is 1.83. The van der Waals surface area contributed by atoms with Gasteiger partial charge in [0.05, 0.1) is 18.1 Å². The van der Waals surface area contributed by atoms with Crippen LogP contribution in [0.5, 0.6) is 0 Å². The summed E-state index contributed by atoms with van der Waals surface area (Å²) in [6.45, 7) is 1.38. The Balaban J connectivity index is 3.06. The summed E-state index contributed by atoms with van der Waals surface area (Å²) >= 11 is 1.21. The number of aliphatic hydroxyl groups is 3. The fourth-order valence-electron chi connectivity index (χ4n) is 0.303. The number of thioether (sulfide) groups is 1. The Hall–Kier alpha value is 0.230. The van der Waals surface area contributed by atoms with Crippen LogP contribution < -0.4 is 0 Å². The third-order valence-electron chi connectivity index (χ3n) is 0.741. The first-order chi connectivity index (χ1) is 4.16. The Morgan fingerprint density at radius 2 is 2.00 bits per heavy atom. The quantitative estimate of drug-likeness (QED) is 0.471. The number of hydrogen-bond acceptors (Lipinski definition) is 4. The maximum absolute atomic E-state index is 8.72. The third kappa shape index (κ3) is 6.11. The standard InChI is InChI=1S/C5H12O3S/c1-4(7)9-3-5(8)2-6/h4-8H,2-3H2,1H3. The van der Waals surface area contributed by atoms with E-state index < -0.39 is 11.5 Å². The van der Waals surface area contributed by atoms with Crippen molar-refractivity contribution in [1.82, 2.24) is 0 Å². The minimum Gasteiger partial charge on any atom is -0.394 e. The molecule has 0 saturated heterocycles. The summed E-state index contributed by atoms with van der Waals surface area (Å²) in [6, 6.07) is 0. The normalized spacial score (nSPS) is 17.3. The molecule has 0 aliphatic carbocycles. The Morgan fingerprint density at radius 1 is 1.44 bits per heavy atom. The van der Waals surface area contributed by atoms with Crippen molar-refractivity contribution in [2.75, 3.05) is 12.4 Å². The van der Waals surface area contributed by atoms with Gasteiger partial charge in [-0.2, -0.15) is 0 Å². The number of aliphatic hydroxyl groups excluding tert-OH is 3. The monoisotopic (exact) mass is 152 g/mol. The summed E-state index contributed by atoms with van der Waals surface area (Å²) in [5, 5.41) is 25.7. The van der Waals surface area contributed by atoms with E-state index in [0.717, 1.165) is 0 Å². The van der Waals surface area contributed by atoms with E-state index in [2.05, 4.69) is 0 Å². The van der Waals surface area contributed by atoms with Gasteiger partial charge in [0.15, 0.2) is 0 Å². The van der Waals surface area contributed by atoms with E-state index in [4.69, 9.17) is 15.3 Å². The first-order valence-electron chi connectivity index (χ1n) is 2.75. The Bertz CT molecular complexity index is 67.2. The fraction of sp³-hybridized carbons (Fsp3) is 1.00. The second-order valence-electron chi connectivity index (χ2n) is 1.77. The molecule has 9 heavy (non-hydrogen) atoms. The average molecular weight is 152 g/mol. The van der Waals surface area contributed by atoms with Crippen molar-refractivity contribution in [2.24, 2.45) is 0 Å². The highest BCUT2D eigenvalue weighted by Crippen LogP contribution is 2.07. The van der Waals surface area contributed by atoms with E-state index in [1.54, 1.807) is 6.92 Å². The van der Waals surface area contributed by atoms with Crippen molar-refractivity contribution in [3.05, 3.63) is 0 Å². The van der Waals surface area contributed by atoms with E-state index in [1.807, 2.05) is 0 Å². The van der Waals surface area contributed by atoms with Gasteiger partial charge in [0.2, 0.25) is 0 Å². The fourth-order valence-corrected chi connectivity index (χ4v) is 0.909. The molecule has 0 aromatic rings. The minimum atomic E-state index is -0.704. The van der Waals surface area contributed by atoms with E-state index >= 15 is 0 Å². The van der Waals surface area contributed by atoms with Crippen molar-refractivity contribution in [3.8, 4) is 0 Å². The van der Waals surface area contributed by atoms with Gasteiger partial charge in [0, 0.05) is 5.75 Å². The zero-order valence-electron chi connectivity index (χ0n) is 5.32. The summed E-state index contributed by atoms with van der Waals surface area (Å²) in [7, 11) is 0. The molecular formula is C5H12O3S. The predicted octanol–water partition coefficient (Wildman–Crippen LogP) is -0.589. The molecule has 0 saturated carbocycles. The Labute approximate surface area is 58.7 Å². The smallest absolute Gasteiger partial charge is 0.0965 e. The number of rotatable bonds is 4. The van der Waals surface area contributed by atoms with Crippen LogP contribution in [0.15, 0.2) is 0 Å². The molecule has 2 atom stereocenters. The van der Waals surface area contributed by atoms with Crippen LogP contribution in [0, 0.1) is 0 Å².